The zero-order valence-electron chi connectivity index (χ0n) is 9.29. The van der Waals surface area contributed by atoms with Gasteiger partial charge in [0.15, 0.2) is 0 Å². The molecule has 15 heavy (non-hydrogen) atoms. The maximum absolute atomic E-state index is 10.9. The Bertz CT molecular complexity index is 430. The van der Waals surface area contributed by atoms with E-state index < -0.39 is 5.91 Å². The Morgan fingerprint density at radius 1 is 1.33 bits per heavy atom. The van der Waals surface area contributed by atoms with Crippen LogP contribution in [0.3, 0.4) is 0 Å². The molecule has 0 fully saturated rings. The maximum atomic E-state index is 10.9. The molecule has 2 N–H and O–H groups in total. The average Bonchev–Trinajstić information content (AvgIpc) is 2.14. The number of nitrogens with two attached hydrogens (primary N) is 1. The van der Waals surface area contributed by atoms with Gasteiger partial charge < -0.3 is 5.73 Å². The van der Waals surface area contributed by atoms with Crippen LogP contribution in [0.4, 0.5) is 0 Å². The van der Waals surface area contributed by atoms with Crippen LogP contribution in [0.15, 0.2) is 24.3 Å². The van der Waals surface area contributed by atoms with Crippen molar-refractivity contribution in [3.05, 3.63) is 35.4 Å². The summed E-state index contributed by atoms with van der Waals surface area (Å²) in [6.45, 7) is 6.12. The summed E-state index contributed by atoms with van der Waals surface area (Å²) >= 11 is 0. The molecular weight excluding hydrogens is 186 g/mol. The Kier molecular flexibility index (Phi) is 3.16. The molecule has 1 amide bonds. The monoisotopic (exact) mass is 201 g/mol. The Balaban J connectivity index is 3.00. The van der Waals surface area contributed by atoms with Crippen molar-refractivity contribution in [3.8, 4) is 11.8 Å². The van der Waals surface area contributed by atoms with Gasteiger partial charge in [0.2, 0.25) is 5.91 Å². The van der Waals surface area contributed by atoms with E-state index in [0.717, 1.165) is 5.56 Å². The molecule has 0 unspecified atom stereocenters. The molecule has 1 aromatic rings. The first kappa shape index (κ1) is 11.3. The minimum absolute atomic E-state index is 0.0390. The van der Waals surface area contributed by atoms with Crippen molar-refractivity contribution in [1.29, 1.82) is 0 Å². The molecule has 0 radical (unpaired) electrons. The van der Waals surface area contributed by atoms with Crippen LogP contribution in [0.5, 0.6) is 0 Å². The molecule has 0 aliphatic heterocycles. The molecule has 0 bridgehead atoms. The van der Waals surface area contributed by atoms with Crippen molar-refractivity contribution >= 4 is 5.91 Å². The van der Waals surface area contributed by atoms with Crippen molar-refractivity contribution in [3.63, 3.8) is 0 Å². The molecule has 2 heteroatoms. The number of hydrogen-bond acceptors (Lipinski definition) is 1. The van der Waals surface area contributed by atoms with E-state index in [4.69, 9.17) is 5.73 Å². The summed E-state index contributed by atoms with van der Waals surface area (Å²) in [6.07, 6.45) is 0. The van der Waals surface area contributed by atoms with Gasteiger partial charge >= 0.3 is 0 Å². The van der Waals surface area contributed by atoms with Gasteiger partial charge in [-0.3, -0.25) is 4.79 Å². The summed E-state index contributed by atoms with van der Waals surface area (Å²) in [5, 5.41) is 0. The number of primary amides is 1. The molecule has 0 aliphatic rings. The average molecular weight is 201 g/mol. The highest BCUT2D eigenvalue weighted by Crippen LogP contribution is 2.11. The summed E-state index contributed by atoms with van der Waals surface area (Å²) in [4.78, 5) is 10.9. The first-order valence-electron chi connectivity index (χ1n) is 4.81. The third-order valence-corrected chi connectivity index (χ3v) is 1.73. The molecule has 1 rings (SSSR count). The smallest absolute Gasteiger partial charge is 0.248 e. The Hall–Kier alpha value is -1.75. The first-order chi connectivity index (χ1) is 6.88. The van der Waals surface area contributed by atoms with Gasteiger partial charge in [0.25, 0.3) is 0 Å². The van der Waals surface area contributed by atoms with Crippen LogP contribution in [0.1, 0.15) is 36.7 Å². The number of rotatable bonds is 1. The fourth-order valence-electron chi connectivity index (χ4n) is 1.01. The fraction of sp³-hybridized carbons (Fsp3) is 0.308. The second kappa shape index (κ2) is 4.18. The number of benzene rings is 1. The largest absolute Gasteiger partial charge is 0.366 e. The van der Waals surface area contributed by atoms with Crippen LogP contribution in [0, 0.1) is 17.3 Å². The number of hydrogen-bond donors (Lipinski definition) is 1. The molecule has 0 spiro atoms. The maximum Gasteiger partial charge on any atom is 0.248 e. The van der Waals surface area contributed by atoms with E-state index in [1.54, 1.807) is 18.2 Å². The van der Waals surface area contributed by atoms with Crippen LogP contribution < -0.4 is 5.73 Å². The lowest BCUT2D eigenvalue weighted by atomic mass is 9.97. The third-order valence-electron chi connectivity index (χ3n) is 1.73. The standard InChI is InChI=1S/C13H15NO/c1-13(2,3)8-7-10-5-4-6-11(9-10)12(14)15/h4-6,9H,1-3H3,(H2,14,15). The molecule has 0 aromatic heterocycles. The zero-order chi connectivity index (χ0) is 11.5. The van der Waals surface area contributed by atoms with Crippen LogP contribution >= 0.6 is 0 Å². The van der Waals surface area contributed by atoms with Gasteiger partial charge in [-0.05, 0) is 39.0 Å². The normalized spacial score (nSPS) is 10.3. The quantitative estimate of drug-likeness (QED) is 0.695. The highest BCUT2D eigenvalue weighted by atomic mass is 16.1. The van der Waals surface area contributed by atoms with E-state index in [2.05, 4.69) is 11.8 Å². The lowest BCUT2D eigenvalue weighted by molar-refractivity contribution is 0.100. The molecule has 78 valence electrons. The lowest BCUT2D eigenvalue weighted by Crippen LogP contribution is -2.10. The van der Waals surface area contributed by atoms with Gasteiger partial charge in [-0.15, -0.1) is 0 Å². The van der Waals surface area contributed by atoms with Crippen LogP contribution in [-0.4, -0.2) is 5.91 Å². The van der Waals surface area contributed by atoms with Crippen molar-refractivity contribution in [2.45, 2.75) is 20.8 Å². The van der Waals surface area contributed by atoms with Gasteiger partial charge in [-0.25, -0.2) is 0 Å². The molecule has 1 aromatic carbocycles. The van der Waals surface area contributed by atoms with Gasteiger partial charge in [0.05, 0.1) is 0 Å². The van der Waals surface area contributed by atoms with E-state index in [1.807, 2.05) is 26.8 Å². The number of amides is 1. The van der Waals surface area contributed by atoms with Crippen molar-refractivity contribution < 1.29 is 4.79 Å². The Morgan fingerprint density at radius 2 is 2.00 bits per heavy atom. The third kappa shape index (κ3) is 3.86. The fourth-order valence-corrected chi connectivity index (χ4v) is 1.01. The second-order valence-electron chi connectivity index (χ2n) is 4.45. The SMILES string of the molecule is CC(C)(C)C#Cc1cccc(C(N)=O)c1. The molecule has 0 saturated heterocycles. The van der Waals surface area contributed by atoms with E-state index >= 15 is 0 Å². The molecule has 0 atom stereocenters. The predicted molar refractivity (Wildman–Crippen MR) is 61.3 cm³/mol. The highest BCUT2D eigenvalue weighted by Gasteiger charge is 2.04. The molecule has 0 heterocycles. The van der Waals surface area contributed by atoms with E-state index in [-0.39, 0.29) is 5.41 Å². The zero-order valence-corrected chi connectivity index (χ0v) is 9.29. The summed E-state index contributed by atoms with van der Waals surface area (Å²) in [5.74, 6) is 5.70. The van der Waals surface area contributed by atoms with Gasteiger partial charge in [0.1, 0.15) is 0 Å². The van der Waals surface area contributed by atoms with Crippen LogP contribution in [-0.2, 0) is 0 Å². The van der Waals surface area contributed by atoms with E-state index in [9.17, 15) is 4.79 Å². The minimum atomic E-state index is -0.422. The summed E-state index contributed by atoms with van der Waals surface area (Å²) in [7, 11) is 0. The van der Waals surface area contributed by atoms with Gasteiger partial charge in [-0.2, -0.15) is 0 Å². The summed E-state index contributed by atoms with van der Waals surface area (Å²) < 4.78 is 0. The Morgan fingerprint density at radius 3 is 2.53 bits per heavy atom. The van der Waals surface area contributed by atoms with Crippen LogP contribution in [0.25, 0.3) is 0 Å². The van der Waals surface area contributed by atoms with E-state index in [1.165, 1.54) is 0 Å². The second-order valence-corrected chi connectivity index (χ2v) is 4.45. The minimum Gasteiger partial charge on any atom is -0.366 e. The van der Waals surface area contributed by atoms with Crippen molar-refractivity contribution in [1.82, 2.24) is 0 Å². The van der Waals surface area contributed by atoms with Crippen molar-refractivity contribution in [2.24, 2.45) is 11.1 Å². The first-order valence-corrected chi connectivity index (χ1v) is 4.81. The topological polar surface area (TPSA) is 43.1 Å². The van der Waals surface area contributed by atoms with Gasteiger partial charge in [0, 0.05) is 16.5 Å². The highest BCUT2D eigenvalue weighted by molar-refractivity contribution is 5.93. The molecule has 2 nitrogen and oxygen atoms in total. The van der Waals surface area contributed by atoms with E-state index in [0.29, 0.717) is 5.56 Å². The summed E-state index contributed by atoms with van der Waals surface area (Å²) in [5.41, 5.74) is 6.46. The van der Waals surface area contributed by atoms with Crippen LogP contribution in [0.2, 0.25) is 0 Å². The predicted octanol–water partition coefficient (Wildman–Crippen LogP) is 2.18. The molecule has 0 aliphatic carbocycles. The Labute approximate surface area is 90.5 Å². The lowest BCUT2D eigenvalue weighted by Gasteiger charge is -2.06. The summed E-state index contributed by atoms with van der Waals surface area (Å²) in [6, 6.07) is 7.05. The number of carbonyl (C=O) groups is 1. The van der Waals surface area contributed by atoms with Gasteiger partial charge in [-0.1, -0.05) is 17.9 Å². The van der Waals surface area contributed by atoms with Crippen molar-refractivity contribution in [2.75, 3.05) is 0 Å². The number of carbonyl (C=O) groups excluding carboxylic acids is 1. The molecule has 0 saturated carbocycles. The molecular formula is C13H15NO.